The lowest BCUT2D eigenvalue weighted by Crippen LogP contribution is -3.00. The maximum absolute atomic E-state index is 8.92. The second-order valence-corrected chi connectivity index (χ2v) is 4.16. The van der Waals surface area contributed by atoms with E-state index in [1.165, 1.54) is 38.5 Å². The monoisotopic (exact) mass is 252 g/mol. The summed E-state index contributed by atoms with van der Waals surface area (Å²) in [6, 6.07) is 7.99. The molecule has 0 unspecified atom stereocenters. The van der Waals surface area contributed by atoms with Gasteiger partial charge in [0.05, 0.1) is 0 Å². The van der Waals surface area contributed by atoms with Crippen molar-refractivity contribution in [2.24, 2.45) is 0 Å². The van der Waals surface area contributed by atoms with E-state index in [2.05, 4.69) is 13.0 Å². The van der Waals surface area contributed by atoms with Gasteiger partial charge in [-0.1, -0.05) is 32.6 Å². The summed E-state index contributed by atoms with van der Waals surface area (Å²) in [6.45, 7) is 3.20. The van der Waals surface area contributed by atoms with E-state index in [1.807, 2.05) is 29.0 Å². The van der Waals surface area contributed by atoms with Crippen LogP contribution in [0, 0.1) is 11.3 Å². The number of nitriles is 1. The number of halogens is 1. The summed E-state index contributed by atoms with van der Waals surface area (Å²) in [6.07, 6.45) is 9.75. The molecular formula is C14H21ClN2. The van der Waals surface area contributed by atoms with E-state index in [-0.39, 0.29) is 12.4 Å². The molecule has 0 amide bonds. The molecule has 0 saturated carbocycles. The summed E-state index contributed by atoms with van der Waals surface area (Å²) < 4.78 is 2.04. The van der Waals surface area contributed by atoms with Crippen molar-refractivity contribution in [1.29, 1.82) is 5.26 Å². The second kappa shape index (κ2) is 10.1. The van der Waals surface area contributed by atoms with Gasteiger partial charge in [-0.2, -0.15) is 9.83 Å². The van der Waals surface area contributed by atoms with Gasteiger partial charge in [0.25, 0.3) is 5.69 Å². The van der Waals surface area contributed by atoms with Crippen LogP contribution in [0.2, 0.25) is 0 Å². The van der Waals surface area contributed by atoms with Crippen LogP contribution in [0.15, 0.2) is 24.4 Å². The van der Waals surface area contributed by atoms with Gasteiger partial charge in [-0.3, -0.25) is 0 Å². The Morgan fingerprint density at radius 1 is 1.12 bits per heavy atom. The predicted molar refractivity (Wildman–Crippen MR) is 64.7 cm³/mol. The summed E-state index contributed by atoms with van der Waals surface area (Å²) in [4.78, 5) is 0. The van der Waals surface area contributed by atoms with Crippen molar-refractivity contribution < 1.29 is 17.0 Å². The molecule has 1 aromatic rings. The largest absolute Gasteiger partial charge is 1.00 e. The Balaban J connectivity index is 0.00000256. The molecule has 0 aromatic carbocycles. The second-order valence-electron chi connectivity index (χ2n) is 4.16. The molecule has 0 aliphatic heterocycles. The van der Waals surface area contributed by atoms with Gasteiger partial charge in [0.1, 0.15) is 6.54 Å². The van der Waals surface area contributed by atoms with Gasteiger partial charge in [0.2, 0.25) is 0 Å². The number of hydrogen-bond acceptors (Lipinski definition) is 1. The van der Waals surface area contributed by atoms with E-state index >= 15 is 0 Å². The highest BCUT2D eigenvalue weighted by molar-refractivity contribution is 5.12. The molecule has 0 radical (unpaired) electrons. The highest BCUT2D eigenvalue weighted by Gasteiger charge is 2.06. The fraction of sp³-hybridized carbons (Fsp3) is 0.571. The predicted octanol–water partition coefficient (Wildman–Crippen LogP) is 0.210. The van der Waals surface area contributed by atoms with E-state index in [4.69, 9.17) is 5.26 Å². The van der Waals surface area contributed by atoms with Crippen LogP contribution in [-0.4, -0.2) is 0 Å². The number of nitrogens with zero attached hydrogens (tertiary/aromatic N) is 2. The van der Waals surface area contributed by atoms with Gasteiger partial charge in [-0.15, -0.1) is 0 Å². The van der Waals surface area contributed by atoms with Crippen molar-refractivity contribution in [2.75, 3.05) is 0 Å². The topological polar surface area (TPSA) is 27.7 Å². The average Bonchev–Trinajstić information content (AvgIpc) is 2.34. The third-order valence-electron chi connectivity index (χ3n) is 2.81. The van der Waals surface area contributed by atoms with E-state index in [1.54, 1.807) is 0 Å². The van der Waals surface area contributed by atoms with Gasteiger partial charge >= 0.3 is 0 Å². The van der Waals surface area contributed by atoms with E-state index < -0.39 is 0 Å². The number of unbranched alkanes of at least 4 members (excludes halogenated alkanes) is 5. The van der Waals surface area contributed by atoms with Crippen LogP contribution in [0.4, 0.5) is 0 Å². The quantitative estimate of drug-likeness (QED) is 0.504. The molecule has 0 aliphatic carbocycles. The maximum Gasteiger partial charge on any atom is 0.283 e. The SMILES string of the molecule is CCCCCCCC[n+]1ccccc1C#N.[Cl-]. The Morgan fingerprint density at radius 3 is 2.53 bits per heavy atom. The molecule has 1 aromatic heterocycles. The molecule has 0 aliphatic rings. The standard InChI is InChI=1S/C14H21N2.ClH/c1-2-3-4-5-6-8-11-16-12-9-7-10-14(16)13-15;/h7,9-10,12H,2-6,8,11H2,1H3;1H/q+1;/p-1. The minimum absolute atomic E-state index is 0. The molecular weight excluding hydrogens is 232 g/mol. The smallest absolute Gasteiger partial charge is 0.283 e. The molecule has 0 spiro atoms. The van der Waals surface area contributed by atoms with Crippen molar-refractivity contribution in [3.05, 3.63) is 30.1 Å². The minimum Gasteiger partial charge on any atom is -1.00 e. The van der Waals surface area contributed by atoms with E-state index in [0.717, 1.165) is 12.2 Å². The molecule has 94 valence electrons. The van der Waals surface area contributed by atoms with Gasteiger partial charge in [0, 0.05) is 18.6 Å². The molecule has 3 heteroatoms. The van der Waals surface area contributed by atoms with E-state index in [9.17, 15) is 0 Å². The zero-order chi connectivity index (χ0) is 11.6. The molecule has 0 saturated heterocycles. The van der Waals surface area contributed by atoms with Crippen LogP contribution in [0.25, 0.3) is 0 Å². The van der Waals surface area contributed by atoms with Crippen molar-refractivity contribution in [1.82, 2.24) is 0 Å². The third-order valence-corrected chi connectivity index (χ3v) is 2.81. The zero-order valence-corrected chi connectivity index (χ0v) is 11.3. The van der Waals surface area contributed by atoms with Crippen molar-refractivity contribution in [2.45, 2.75) is 52.0 Å². The number of aryl methyl sites for hydroxylation is 1. The maximum atomic E-state index is 8.92. The van der Waals surface area contributed by atoms with Crippen LogP contribution in [0.1, 0.15) is 51.1 Å². The molecule has 0 bridgehead atoms. The molecule has 0 fully saturated rings. The number of rotatable bonds is 7. The normalized spacial score (nSPS) is 9.41. The Kier molecular flexibility index (Phi) is 9.47. The molecule has 17 heavy (non-hydrogen) atoms. The fourth-order valence-corrected chi connectivity index (χ4v) is 1.84. The Morgan fingerprint density at radius 2 is 1.82 bits per heavy atom. The summed E-state index contributed by atoms with van der Waals surface area (Å²) in [5, 5.41) is 8.92. The van der Waals surface area contributed by atoms with Crippen LogP contribution in [-0.2, 0) is 6.54 Å². The summed E-state index contributed by atoms with van der Waals surface area (Å²) in [5.41, 5.74) is 0.760. The van der Waals surface area contributed by atoms with Crippen molar-refractivity contribution in [3.8, 4) is 6.07 Å². The molecule has 2 nitrogen and oxygen atoms in total. The Hall–Kier alpha value is -1.07. The molecule has 0 atom stereocenters. The van der Waals surface area contributed by atoms with Crippen LogP contribution in [0.3, 0.4) is 0 Å². The highest BCUT2D eigenvalue weighted by atomic mass is 35.5. The highest BCUT2D eigenvalue weighted by Crippen LogP contribution is 2.04. The van der Waals surface area contributed by atoms with Crippen LogP contribution < -0.4 is 17.0 Å². The van der Waals surface area contributed by atoms with Crippen LogP contribution in [0.5, 0.6) is 0 Å². The first kappa shape index (κ1) is 15.9. The first-order valence-corrected chi connectivity index (χ1v) is 6.27. The lowest BCUT2D eigenvalue weighted by atomic mass is 10.1. The zero-order valence-electron chi connectivity index (χ0n) is 10.5. The average molecular weight is 253 g/mol. The van der Waals surface area contributed by atoms with Crippen molar-refractivity contribution >= 4 is 0 Å². The minimum atomic E-state index is 0. The number of pyridine rings is 1. The summed E-state index contributed by atoms with van der Waals surface area (Å²) in [5.74, 6) is 0. The first-order chi connectivity index (χ1) is 7.88. The summed E-state index contributed by atoms with van der Waals surface area (Å²) >= 11 is 0. The first-order valence-electron chi connectivity index (χ1n) is 6.27. The number of hydrogen-bond donors (Lipinski definition) is 0. The van der Waals surface area contributed by atoms with Gasteiger partial charge in [-0.05, 0) is 12.5 Å². The Bertz CT molecular complexity index is 344. The Labute approximate surface area is 111 Å². The fourth-order valence-electron chi connectivity index (χ4n) is 1.84. The van der Waals surface area contributed by atoms with Gasteiger partial charge in [0.15, 0.2) is 12.3 Å². The van der Waals surface area contributed by atoms with E-state index in [0.29, 0.717) is 0 Å². The van der Waals surface area contributed by atoms with Gasteiger partial charge in [-0.25, -0.2) is 0 Å². The van der Waals surface area contributed by atoms with Gasteiger partial charge < -0.3 is 12.4 Å². The molecule has 1 heterocycles. The lowest BCUT2D eigenvalue weighted by Gasteiger charge is -1.99. The van der Waals surface area contributed by atoms with Crippen molar-refractivity contribution in [3.63, 3.8) is 0 Å². The third kappa shape index (κ3) is 6.28. The summed E-state index contributed by atoms with van der Waals surface area (Å²) in [7, 11) is 0. The lowest BCUT2D eigenvalue weighted by molar-refractivity contribution is -0.699. The molecule has 1 rings (SSSR count). The van der Waals surface area contributed by atoms with Crippen LogP contribution >= 0.6 is 0 Å². The number of aromatic nitrogens is 1. The molecule has 0 N–H and O–H groups in total.